The quantitative estimate of drug-likeness (QED) is 0.569. The van der Waals surface area contributed by atoms with Gasteiger partial charge in [0, 0.05) is 11.7 Å². The van der Waals surface area contributed by atoms with E-state index < -0.39 is 0 Å². The summed E-state index contributed by atoms with van der Waals surface area (Å²) in [7, 11) is 0. The van der Waals surface area contributed by atoms with E-state index in [1.165, 1.54) is 24.2 Å². The molecule has 2 N–H and O–H groups in total. The van der Waals surface area contributed by atoms with Gasteiger partial charge in [-0.3, -0.25) is 4.79 Å². The first kappa shape index (κ1) is 18.5. The van der Waals surface area contributed by atoms with Crippen LogP contribution in [0, 0.1) is 0 Å². The number of benzene rings is 2. The number of ether oxygens (including phenoxy) is 1. The van der Waals surface area contributed by atoms with E-state index in [1.807, 2.05) is 60.7 Å². The lowest BCUT2D eigenvalue weighted by Gasteiger charge is -2.09. The van der Waals surface area contributed by atoms with Crippen molar-refractivity contribution in [2.24, 2.45) is 0 Å². The Balaban J connectivity index is 1.52. The average molecular weight is 394 g/mol. The standard InChI is InChI=1S/C22H23N3O2S/c26-21(23-16-9-3-1-4-10-16)20-19(15-27-18-13-5-2-6-14-18)25-22(28-20)24-17-11-7-8-12-17/h1-6,9-10,13-14,17H,7-8,11-12,15H2,(H,23,26)(H,24,25). The Hall–Kier alpha value is -2.86. The van der Waals surface area contributed by atoms with E-state index in [0.29, 0.717) is 16.6 Å². The van der Waals surface area contributed by atoms with Crippen LogP contribution in [0.4, 0.5) is 10.8 Å². The molecule has 4 rings (SSSR count). The Bertz CT molecular complexity index is 906. The predicted octanol–water partition coefficient (Wildman–Crippen LogP) is 5.33. The molecule has 0 aliphatic heterocycles. The first-order valence-electron chi connectivity index (χ1n) is 9.58. The molecule has 144 valence electrons. The Morgan fingerprint density at radius 1 is 1.04 bits per heavy atom. The van der Waals surface area contributed by atoms with Gasteiger partial charge in [-0.1, -0.05) is 60.6 Å². The number of carbonyl (C=O) groups excluding carboxylic acids is 1. The molecule has 1 aliphatic carbocycles. The fourth-order valence-corrected chi connectivity index (χ4v) is 4.25. The van der Waals surface area contributed by atoms with E-state index >= 15 is 0 Å². The second-order valence-electron chi connectivity index (χ2n) is 6.84. The van der Waals surface area contributed by atoms with Gasteiger partial charge in [-0.25, -0.2) is 4.98 Å². The Kier molecular flexibility index (Phi) is 5.87. The molecule has 5 nitrogen and oxygen atoms in total. The topological polar surface area (TPSA) is 63.2 Å². The van der Waals surface area contributed by atoms with Crippen molar-refractivity contribution in [3.63, 3.8) is 0 Å². The van der Waals surface area contributed by atoms with Gasteiger partial charge in [0.15, 0.2) is 5.13 Å². The van der Waals surface area contributed by atoms with Crippen molar-refractivity contribution >= 4 is 28.1 Å². The van der Waals surface area contributed by atoms with Crippen molar-refractivity contribution < 1.29 is 9.53 Å². The van der Waals surface area contributed by atoms with Gasteiger partial charge in [-0.15, -0.1) is 0 Å². The van der Waals surface area contributed by atoms with Crippen LogP contribution in [-0.4, -0.2) is 16.9 Å². The smallest absolute Gasteiger partial charge is 0.267 e. The number of aromatic nitrogens is 1. The van der Waals surface area contributed by atoms with Crippen LogP contribution in [0.1, 0.15) is 41.0 Å². The van der Waals surface area contributed by atoms with E-state index in [-0.39, 0.29) is 12.5 Å². The van der Waals surface area contributed by atoms with Crippen molar-refractivity contribution in [1.29, 1.82) is 0 Å². The van der Waals surface area contributed by atoms with Crippen LogP contribution in [0.5, 0.6) is 5.75 Å². The maximum atomic E-state index is 12.9. The van der Waals surface area contributed by atoms with Gasteiger partial charge in [0.05, 0.1) is 0 Å². The molecule has 1 saturated carbocycles. The highest BCUT2D eigenvalue weighted by Gasteiger charge is 2.22. The number of hydrogen-bond donors (Lipinski definition) is 2. The monoisotopic (exact) mass is 393 g/mol. The molecule has 0 spiro atoms. The predicted molar refractivity (Wildman–Crippen MR) is 113 cm³/mol. The SMILES string of the molecule is O=C(Nc1ccccc1)c1sc(NC2CCCC2)nc1COc1ccccc1. The zero-order chi connectivity index (χ0) is 19.2. The van der Waals surface area contributed by atoms with Crippen molar-refractivity contribution in [2.45, 2.75) is 38.3 Å². The van der Waals surface area contributed by atoms with E-state index in [9.17, 15) is 4.79 Å². The van der Waals surface area contributed by atoms with Gasteiger partial charge in [-0.2, -0.15) is 0 Å². The molecule has 1 fully saturated rings. The van der Waals surface area contributed by atoms with E-state index in [2.05, 4.69) is 15.6 Å². The molecule has 3 aromatic rings. The first-order chi connectivity index (χ1) is 13.8. The number of nitrogens with one attached hydrogen (secondary N) is 2. The van der Waals surface area contributed by atoms with Gasteiger partial charge < -0.3 is 15.4 Å². The normalized spacial score (nSPS) is 14.0. The molecule has 1 aliphatic rings. The van der Waals surface area contributed by atoms with Gasteiger partial charge in [0.1, 0.15) is 22.9 Å². The summed E-state index contributed by atoms with van der Waals surface area (Å²) in [5.41, 5.74) is 1.42. The van der Waals surface area contributed by atoms with Gasteiger partial charge in [0.25, 0.3) is 5.91 Å². The zero-order valence-electron chi connectivity index (χ0n) is 15.6. The van der Waals surface area contributed by atoms with Crippen molar-refractivity contribution in [3.8, 4) is 5.75 Å². The van der Waals surface area contributed by atoms with E-state index in [1.54, 1.807) is 0 Å². The summed E-state index contributed by atoms with van der Waals surface area (Å²) < 4.78 is 5.85. The molecule has 1 heterocycles. The minimum Gasteiger partial charge on any atom is -0.487 e. The molecule has 0 radical (unpaired) electrons. The summed E-state index contributed by atoms with van der Waals surface area (Å²) in [5, 5.41) is 7.23. The number of amides is 1. The Morgan fingerprint density at radius 3 is 2.43 bits per heavy atom. The van der Waals surface area contributed by atoms with E-state index in [4.69, 9.17) is 4.74 Å². The average Bonchev–Trinajstić information content (AvgIpc) is 3.38. The van der Waals surface area contributed by atoms with Gasteiger partial charge in [-0.05, 0) is 37.1 Å². The van der Waals surface area contributed by atoms with Crippen LogP contribution < -0.4 is 15.4 Å². The Morgan fingerprint density at radius 2 is 1.71 bits per heavy atom. The van der Waals surface area contributed by atoms with Crippen LogP contribution in [0.2, 0.25) is 0 Å². The van der Waals surface area contributed by atoms with Crippen molar-refractivity contribution in [1.82, 2.24) is 4.98 Å². The second-order valence-corrected chi connectivity index (χ2v) is 7.84. The number of thiazole rings is 1. The molecular formula is C22H23N3O2S. The third kappa shape index (κ3) is 4.70. The summed E-state index contributed by atoms with van der Waals surface area (Å²) in [5.74, 6) is 0.602. The molecule has 0 saturated heterocycles. The summed E-state index contributed by atoms with van der Waals surface area (Å²) >= 11 is 1.39. The molecule has 0 atom stereocenters. The number of nitrogens with zero attached hydrogens (tertiary/aromatic N) is 1. The Labute approximate surface area is 168 Å². The highest BCUT2D eigenvalue weighted by Crippen LogP contribution is 2.29. The molecule has 2 aromatic carbocycles. The number of rotatable bonds is 7. The van der Waals surface area contributed by atoms with Gasteiger partial charge >= 0.3 is 0 Å². The van der Waals surface area contributed by atoms with Crippen LogP contribution in [-0.2, 0) is 6.61 Å². The lowest BCUT2D eigenvalue weighted by Crippen LogP contribution is -2.14. The van der Waals surface area contributed by atoms with Crippen molar-refractivity contribution in [3.05, 3.63) is 71.2 Å². The third-order valence-electron chi connectivity index (χ3n) is 4.74. The van der Waals surface area contributed by atoms with Crippen LogP contribution in [0.15, 0.2) is 60.7 Å². The van der Waals surface area contributed by atoms with Crippen LogP contribution >= 0.6 is 11.3 Å². The lowest BCUT2D eigenvalue weighted by atomic mass is 10.3. The fraction of sp³-hybridized carbons (Fsp3) is 0.273. The van der Waals surface area contributed by atoms with E-state index in [0.717, 1.165) is 29.4 Å². The minimum atomic E-state index is -0.158. The maximum Gasteiger partial charge on any atom is 0.267 e. The number of para-hydroxylation sites is 2. The summed E-state index contributed by atoms with van der Waals surface area (Å²) in [6.07, 6.45) is 4.80. The summed E-state index contributed by atoms with van der Waals surface area (Å²) in [6.45, 7) is 0.254. The second kappa shape index (κ2) is 8.89. The van der Waals surface area contributed by atoms with Crippen LogP contribution in [0.3, 0.4) is 0 Å². The molecular weight excluding hydrogens is 370 g/mol. The number of hydrogen-bond acceptors (Lipinski definition) is 5. The molecule has 0 unspecified atom stereocenters. The highest BCUT2D eigenvalue weighted by molar-refractivity contribution is 7.17. The summed E-state index contributed by atoms with van der Waals surface area (Å²) in [4.78, 5) is 18.1. The molecule has 28 heavy (non-hydrogen) atoms. The third-order valence-corrected chi connectivity index (χ3v) is 5.76. The van der Waals surface area contributed by atoms with Gasteiger partial charge in [0.2, 0.25) is 0 Å². The largest absolute Gasteiger partial charge is 0.487 e. The first-order valence-corrected chi connectivity index (χ1v) is 10.4. The number of carbonyl (C=O) groups is 1. The fourth-order valence-electron chi connectivity index (χ4n) is 3.31. The molecule has 1 aromatic heterocycles. The van der Waals surface area contributed by atoms with Crippen LogP contribution in [0.25, 0.3) is 0 Å². The van der Waals surface area contributed by atoms with Crippen molar-refractivity contribution in [2.75, 3.05) is 10.6 Å². The summed E-state index contributed by atoms with van der Waals surface area (Å²) in [6, 6.07) is 19.5. The maximum absolute atomic E-state index is 12.9. The molecule has 0 bridgehead atoms. The molecule has 1 amide bonds. The zero-order valence-corrected chi connectivity index (χ0v) is 16.4. The lowest BCUT2D eigenvalue weighted by molar-refractivity contribution is 0.102. The molecule has 6 heteroatoms. The highest BCUT2D eigenvalue weighted by atomic mass is 32.1. The minimum absolute atomic E-state index is 0.158. The number of anilines is 2.